The number of nitrogens with one attached hydrogen (secondary N) is 1. The van der Waals surface area contributed by atoms with E-state index in [9.17, 15) is 14.9 Å². The summed E-state index contributed by atoms with van der Waals surface area (Å²) < 4.78 is 0. The predicted molar refractivity (Wildman–Crippen MR) is 116 cm³/mol. The first kappa shape index (κ1) is 19.9. The Morgan fingerprint density at radius 1 is 1.20 bits per heavy atom. The number of aromatic nitrogens is 2. The molecular weight excluding hydrogens is 382 g/mol. The monoisotopic (exact) mass is 407 g/mol. The first-order chi connectivity index (χ1) is 14.3. The summed E-state index contributed by atoms with van der Waals surface area (Å²) in [4.78, 5) is 35.5. The highest BCUT2D eigenvalue weighted by Gasteiger charge is 2.28. The van der Waals surface area contributed by atoms with E-state index in [2.05, 4.69) is 24.0 Å². The van der Waals surface area contributed by atoms with Crippen LogP contribution in [0, 0.1) is 17.0 Å². The van der Waals surface area contributed by atoms with E-state index >= 15 is 0 Å². The second-order valence-corrected chi connectivity index (χ2v) is 8.06. The number of imidazole rings is 1. The highest BCUT2D eigenvalue weighted by atomic mass is 16.6. The molecule has 1 aliphatic rings. The lowest BCUT2D eigenvalue weighted by molar-refractivity contribution is -0.384. The molecule has 0 saturated carbocycles. The molecular formula is C22H25N5O3. The van der Waals surface area contributed by atoms with E-state index < -0.39 is 4.92 Å². The number of nitro benzene ring substituents is 1. The molecule has 2 aromatic carbocycles. The summed E-state index contributed by atoms with van der Waals surface area (Å²) in [6, 6.07) is 10.8. The number of piperidine rings is 1. The van der Waals surface area contributed by atoms with E-state index in [0.717, 1.165) is 29.7 Å². The summed E-state index contributed by atoms with van der Waals surface area (Å²) in [5, 5.41) is 11.4. The number of H-pyrrole nitrogens is 1. The van der Waals surface area contributed by atoms with Crippen LogP contribution < -0.4 is 4.90 Å². The number of hydrogen-bond acceptors (Lipinski definition) is 5. The smallest absolute Gasteiger partial charge is 0.293 e. The van der Waals surface area contributed by atoms with E-state index in [1.807, 2.05) is 6.07 Å². The van der Waals surface area contributed by atoms with Gasteiger partial charge in [0.25, 0.3) is 11.6 Å². The Labute approximate surface area is 174 Å². The van der Waals surface area contributed by atoms with Gasteiger partial charge in [0.2, 0.25) is 0 Å². The van der Waals surface area contributed by atoms with Crippen LogP contribution in [-0.2, 0) is 0 Å². The predicted octanol–water partition coefficient (Wildman–Crippen LogP) is 3.87. The molecule has 1 aromatic heterocycles. The van der Waals surface area contributed by atoms with Crippen LogP contribution in [0.5, 0.6) is 0 Å². The summed E-state index contributed by atoms with van der Waals surface area (Å²) in [5.41, 5.74) is 3.96. The Morgan fingerprint density at radius 3 is 2.60 bits per heavy atom. The van der Waals surface area contributed by atoms with E-state index in [1.165, 1.54) is 11.6 Å². The molecule has 1 N–H and O–H groups in total. The number of amides is 1. The SMILES string of the molecule is Cc1ccc2nc(C3CCN(C(=O)c4ccc(N(C)C)c([N+](=O)[O-])c4)CC3)[nH]c2c1. The third kappa shape index (κ3) is 3.72. The van der Waals surface area contributed by atoms with Gasteiger partial charge in [-0.1, -0.05) is 6.07 Å². The number of aryl methyl sites for hydroxylation is 1. The van der Waals surface area contributed by atoms with Gasteiger partial charge in [-0.2, -0.15) is 0 Å². The van der Waals surface area contributed by atoms with Gasteiger partial charge in [-0.25, -0.2) is 4.98 Å². The minimum absolute atomic E-state index is 0.0571. The van der Waals surface area contributed by atoms with Gasteiger partial charge >= 0.3 is 0 Å². The maximum atomic E-state index is 12.9. The number of benzene rings is 2. The standard InChI is InChI=1S/C22H25N5O3/c1-14-4-6-17-18(12-14)24-21(23-17)15-8-10-26(11-9-15)22(28)16-5-7-19(25(2)3)20(13-16)27(29)30/h4-7,12-13,15H,8-11H2,1-3H3,(H,23,24). The van der Waals surface area contributed by atoms with Crippen molar-refractivity contribution in [2.45, 2.75) is 25.7 Å². The summed E-state index contributed by atoms with van der Waals surface area (Å²) in [5.74, 6) is 1.07. The molecule has 0 unspecified atom stereocenters. The van der Waals surface area contributed by atoms with Crippen LogP contribution in [0.2, 0.25) is 0 Å². The molecule has 0 radical (unpaired) electrons. The van der Waals surface area contributed by atoms with Crippen molar-refractivity contribution >= 4 is 28.3 Å². The molecule has 0 atom stereocenters. The second-order valence-electron chi connectivity index (χ2n) is 8.06. The number of carbonyl (C=O) groups excluding carboxylic acids is 1. The second kappa shape index (κ2) is 7.78. The summed E-state index contributed by atoms with van der Waals surface area (Å²) in [6.07, 6.45) is 1.62. The van der Waals surface area contributed by atoms with Crippen molar-refractivity contribution in [3.63, 3.8) is 0 Å². The zero-order valence-electron chi connectivity index (χ0n) is 17.4. The lowest BCUT2D eigenvalue weighted by Crippen LogP contribution is -2.38. The highest BCUT2D eigenvalue weighted by molar-refractivity contribution is 5.96. The van der Waals surface area contributed by atoms with Crippen molar-refractivity contribution in [1.82, 2.24) is 14.9 Å². The molecule has 30 heavy (non-hydrogen) atoms. The Morgan fingerprint density at radius 2 is 1.93 bits per heavy atom. The van der Waals surface area contributed by atoms with Gasteiger partial charge in [-0.05, 0) is 49.6 Å². The molecule has 1 saturated heterocycles. The normalized spacial score (nSPS) is 14.8. The third-order valence-electron chi connectivity index (χ3n) is 5.73. The maximum Gasteiger partial charge on any atom is 0.293 e. The molecule has 0 spiro atoms. The van der Waals surface area contributed by atoms with Gasteiger partial charge in [0, 0.05) is 44.7 Å². The van der Waals surface area contributed by atoms with Crippen LogP contribution >= 0.6 is 0 Å². The molecule has 1 fully saturated rings. The largest absolute Gasteiger partial charge is 0.372 e. The fraction of sp³-hybridized carbons (Fsp3) is 0.364. The van der Waals surface area contributed by atoms with E-state index in [-0.39, 0.29) is 17.5 Å². The van der Waals surface area contributed by atoms with Crippen molar-refractivity contribution in [2.75, 3.05) is 32.1 Å². The van der Waals surface area contributed by atoms with Crippen molar-refractivity contribution in [2.24, 2.45) is 0 Å². The third-order valence-corrected chi connectivity index (χ3v) is 5.73. The molecule has 0 aliphatic carbocycles. The number of nitro groups is 1. The number of carbonyl (C=O) groups is 1. The number of rotatable bonds is 4. The van der Waals surface area contributed by atoms with Crippen LogP contribution in [0.25, 0.3) is 11.0 Å². The van der Waals surface area contributed by atoms with E-state index in [4.69, 9.17) is 4.98 Å². The number of nitrogens with zero attached hydrogens (tertiary/aromatic N) is 4. The number of aromatic amines is 1. The maximum absolute atomic E-state index is 12.9. The van der Waals surface area contributed by atoms with Crippen molar-refractivity contribution < 1.29 is 9.72 Å². The summed E-state index contributed by atoms with van der Waals surface area (Å²) in [6.45, 7) is 3.26. The van der Waals surface area contributed by atoms with Crippen molar-refractivity contribution in [1.29, 1.82) is 0 Å². The zero-order chi connectivity index (χ0) is 21.4. The van der Waals surface area contributed by atoms with Crippen LogP contribution in [-0.4, -0.2) is 52.9 Å². The van der Waals surface area contributed by atoms with Gasteiger partial charge in [-0.3, -0.25) is 14.9 Å². The Balaban J connectivity index is 1.47. The molecule has 8 heteroatoms. The minimum Gasteiger partial charge on any atom is -0.372 e. The Kier molecular flexibility index (Phi) is 5.15. The lowest BCUT2D eigenvalue weighted by Gasteiger charge is -2.31. The number of anilines is 1. The quantitative estimate of drug-likeness (QED) is 0.523. The van der Waals surface area contributed by atoms with Crippen LogP contribution in [0.15, 0.2) is 36.4 Å². The molecule has 8 nitrogen and oxygen atoms in total. The molecule has 1 aliphatic heterocycles. The van der Waals surface area contributed by atoms with Crippen LogP contribution in [0.3, 0.4) is 0 Å². The fourth-order valence-corrected chi connectivity index (χ4v) is 4.06. The average molecular weight is 407 g/mol. The molecule has 3 aromatic rings. The minimum atomic E-state index is -0.443. The van der Waals surface area contributed by atoms with Gasteiger partial charge in [0.1, 0.15) is 11.5 Å². The zero-order valence-corrected chi connectivity index (χ0v) is 17.4. The molecule has 1 amide bonds. The number of fused-ring (bicyclic) bond motifs is 1. The lowest BCUT2D eigenvalue weighted by atomic mass is 9.95. The van der Waals surface area contributed by atoms with Crippen molar-refractivity contribution in [3.05, 3.63) is 63.5 Å². The Bertz CT molecular complexity index is 1110. The average Bonchev–Trinajstić information content (AvgIpc) is 3.16. The van der Waals surface area contributed by atoms with Crippen LogP contribution in [0.4, 0.5) is 11.4 Å². The van der Waals surface area contributed by atoms with Gasteiger partial charge in [-0.15, -0.1) is 0 Å². The molecule has 2 heterocycles. The van der Waals surface area contributed by atoms with Crippen molar-refractivity contribution in [3.8, 4) is 0 Å². The van der Waals surface area contributed by atoms with Crippen LogP contribution in [0.1, 0.15) is 40.5 Å². The van der Waals surface area contributed by atoms with E-state index in [1.54, 1.807) is 36.0 Å². The molecule has 0 bridgehead atoms. The first-order valence-corrected chi connectivity index (χ1v) is 10.0. The topological polar surface area (TPSA) is 95.4 Å². The number of likely N-dealkylation sites (tertiary alicyclic amines) is 1. The Hall–Kier alpha value is -3.42. The number of hydrogen-bond donors (Lipinski definition) is 1. The highest BCUT2D eigenvalue weighted by Crippen LogP contribution is 2.31. The fourth-order valence-electron chi connectivity index (χ4n) is 4.06. The molecule has 156 valence electrons. The van der Waals surface area contributed by atoms with Gasteiger partial charge in [0.15, 0.2) is 0 Å². The molecule has 4 rings (SSSR count). The van der Waals surface area contributed by atoms with Gasteiger partial charge < -0.3 is 14.8 Å². The summed E-state index contributed by atoms with van der Waals surface area (Å²) >= 11 is 0. The van der Waals surface area contributed by atoms with Gasteiger partial charge in [0.05, 0.1) is 16.0 Å². The summed E-state index contributed by atoms with van der Waals surface area (Å²) in [7, 11) is 3.49. The first-order valence-electron chi connectivity index (χ1n) is 10.0. The van der Waals surface area contributed by atoms with E-state index in [0.29, 0.717) is 24.3 Å².